The van der Waals surface area contributed by atoms with Gasteiger partial charge in [0.25, 0.3) is 11.1 Å². The van der Waals surface area contributed by atoms with Gasteiger partial charge in [0.2, 0.25) is 0 Å². The summed E-state index contributed by atoms with van der Waals surface area (Å²) in [5, 5.41) is 2.65. The molecular weight excluding hydrogens is 515 g/mol. The summed E-state index contributed by atoms with van der Waals surface area (Å²) in [5.74, 6) is -0.843. The van der Waals surface area contributed by atoms with Crippen molar-refractivity contribution in [2.45, 2.75) is 46.6 Å². The zero-order valence-corrected chi connectivity index (χ0v) is 22.3. The second-order valence-electron chi connectivity index (χ2n) is 8.78. The van der Waals surface area contributed by atoms with Crippen LogP contribution in [0.2, 0.25) is 5.02 Å². The largest absolute Gasteiger partial charge is 0.454 e. The van der Waals surface area contributed by atoms with E-state index in [1.165, 1.54) is 44.3 Å². The first-order valence-electron chi connectivity index (χ1n) is 12.1. The molecule has 1 saturated carbocycles. The third-order valence-electron chi connectivity index (χ3n) is 6.29. The zero-order valence-electron chi connectivity index (χ0n) is 21.5. The molecule has 0 N–H and O–H groups in total. The predicted octanol–water partition coefficient (Wildman–Crippen LogP) is 5.81. The van der Waals surface area contributed by atoms with Gasteiger partial charge in [-0.15, -0.1) is 4.91 Å². The van der Waals surface area contributed by atoms with E-state index < -0.39 is 22.6 Å². The van der Waals surface area contributed by atoms with Crippen LogP contribution in [0.5, 0.6) is 11.5 Å². The lowest BCUT2D eigenvalue weighted by Gasteiger charge is -2.20. The fraction of sp³-hybridized carbons (Fsp3) is 0.296. The molecule has 0 amide bonds. The van der Waals surface area contributed by atoms with Crippen LogP contribution in [0, 0.1) is 24.6 Å². The first kappa shape index (κ1) is 27.0. The monoisotopic (exact) mass is 540 g/mol. The molecule has 11 heteroatoms. The third kappa shape index (κ3) is 4.34. The summed E-state index contributed by atoms with van der Waals surface area (Å²) in [4.78, 5) is 51.7. The molecule has 4 aromatic rings. The number of nitrogens with zero attached hydrogens (tertiary/aromatic N) is 4. The van der Waals surface area contributed by atoms with Gasteiger partial charge in [-0.3, -0.25) is 18.7 Å². The summed E-state index contributed by atoms with van der Waals surface area (Å²) in [6.45, 7) is 7.17. The lowest BCUT2D eigenvalue weighted by Crippen LogP contribution is -2.41. The molecule has 0 aliphatic heterocycles. The molecular formula is C27H26ClFN4O5. The van der Waals surface area contributed by atoms with Crippen LogP contribution in [0.15, 0.2) is 56.0 Å². The molecule has 2 aromatic heterocycles. The number of pyridine rings is 1. The quantitative estimate of drug-likeness (QED) is 0.297. The van der Waals surface area contributed by atoms with Crippen molar-refractivity contribution < 1.29 is 9.13 Å². The summed E-state index contributed by atoms with van der Waals surface area (Å²) in [6, 6.07) is 8.28. The number of fused-ring (bicyclic) bond motifs is 1. The van der Waals surface area contributed by atoms with Gasteiger partial charge in [-0.05, 0) is 61.7 Å². The average molecular weight is 541 g/mol. The van der Waals surface area contributed by atoms with Crippen LogP contribution in [0.3, 0.4) is 0 Å². The molecule has 0 unspecified atom stereocenters. The maximum absolute atomic E-state index is 15.2. The Bertz CT molecular complexity index is 1770. The second-order valence-corrected chi connectivity index (χ2v) is 9.16. The number of halogens is 2. The molecule has 1 aliphatic carbocycles. The topological polar surface area (TPSA) is 105 Å². The van der Waals surface area contributed by atoms with E-state index >= 15 is 4.39 Å². The lowest BCUT2D eigenvalue weighted by molar-refractivity contribution is 0.480. The summed E-state index contributed by atoms with van der Waals surface area (Å²) >= 11 is 6.26. The molecule has 0 saturated heterocycles. The van der Waals surface area contributed by atoms with Crippen molar-refractivity contribution in [3.63, 3.8) is 0 Å². The minimum Gasteiger partial charge on any atom is -0.454 e. The van der Waals surface area contributed by atoms with Crippen molar-refractivity contribution in [3.8, 4) is 17.2 Å². The lowest BCUT2D eigenvalue weighted by atomic mass is 10.1. The molecule has 0 radical (unpaired) electrons. The van der Waals surface area contributed by atoms with Crippen LogP contribution in [-0.4, -0.2) is 13.7 Å². The van der Waals surface area contributed by atoms with E-state index in [2.05, 4.69) is 5.18 Å². The summed E-state index contributed by atoms with van der Waals surface area (Å²) in [5.41, 5.74) is -1.62. The van der Waals surface area contributed by atoms with Gasteiger partial charge in [0.1, 0.15) is 33.3 Å². The highest BCUT2D eigenvalue weighted by molar-refractivity contribution is 6.34. The maximum Gasteiger partial charge on any atom is 0.337 e. The van der Waals surface area contributed by atoms with Crippen LogP contribution < -0.4 is 21.5 Å². The Hall–Kier alpha value is -4.05. The highest BCUT2D eigenvalue weighted by atomic mass is 35.5. The molecule has 9 nitrogen and oxygen atoms in total. The maximum atomic E-state index is 15.2. The molecule has 2 aromatic carbocycles. The smallest absolute Gasteiger partial charge is 0.337 e. The Kier molecular flexibility index (Phi) is 7.37. The third-order valence-corrected chi connectivity index (χ3v) is 6.67. The average Bonchev–Trinajstić information content (AvgIpc) is 3.73. The Labute approximate surface area is 221 Å². The summed E-state index contributed by atoms with van der Waals surface area (Å²) < 4.78 is 24.4. The van der Waals surface area contributed by atoms with Crippen molar-refractivity contribution in [2.75, 3.05) is 0 Å². The minimum atomic E-state index is -0.757. The molecule has 1 fully saturated rings. The number of aryl methyl sites for hydroxylation is 2. The van der Waals surface area contributed by atoms with E-state index in [9.17, 15) is 19.3 Å². The number of ether oxygens (including phenoxy) is 1. The summed E-state index contributed by atoms with van der Waals surface area (Å²) in [7, 11) is 1.40. The molecule has 0 spiro atoms. The van der Waals surface area contributed by atoms with Crippen molar-refractivity contribution in [1.82, 2.24) is 13.7 Å². The van der Waals surface area contributed by atoms with Gasteiger partial charge in [-0.25, -0.2) is 13.8 Å². The molecule has 0 atom stereocenters. The fourth-order valence-corrected chi connectivity index (χ4v) is 4.51. The van der Waals surface area contributed by atoms with E-state index in [4.69, 9.17) is 16.3 Å². The van der Waals surface area contributed by atoms with Crippen LogP contribution in [0.4, 0.5) is 10.1 Å². The first-order chi connectivity index (χ1) is 18.1. The normalized spacial score (nSPS) is 12.7. The van der Waals surface area contributed by atoms with Gasteiger partial charge in [-0.1, -0.05) is 37.6 Å². The SMILES string of the molecule is CC.Cc1ccc(-n2c(=O)n(C3CC3)c(=O)c3c(Oc4cccc(N=O)c4Cl)c(C)c(=O)n(C)c32)c(F)c1. The fourth-order valence-electron chi connectivity index (χ4n) is 4.31. The van der Waals surface area contributed by atoms with Crippen molar-refractivity contribution >= 4 is 28.3 Å². The van der Waals surface area contributed by atoms with Gasteiger partial charge >= 0.3 is 5.69 Å². The summed E-state index contributed by atoms with van der Waals surface area (Å²) in [6.07, 6.45) is 1.22. The first-order valence-corrected chi connectivity index (χ1v) is 12.5. The highest BCUT2D eigenvalue weighted by Gasteiger charge is 2.32. The standard InChI is InChI=1S/C25H20ClFN4O5.C2H6/c1-12-7-10-17(15(27)11-12)31-22-19(24(33)30(25(31)34)14-8-9-14)21(13(2)23(32)29(22)3)36-18-6-4-5-16(28-35)20(18)26;1-2/h4-7,10-11,14H,8-9H2,1-3H3;1-2H3. The molecule has 5 rings (SSSR count). The van der Waals surface area contributed by atoms with Gasteiger partial charge in [0.15, 0.2) is 5.75 Å². The number of rotatable bonds is 5. The molecule has 2 heterocycles. The van der Waals surface area contributed by atoms with Crippen LogP contribution in [0.25, 0.3) is 16.7 Å². The number of nitroso groups, excluding NO2 is 1. The Morgan fingerprint density at radius 3 is 2.34 bits per heavy atom. The van der Waals surface area contributed by atoms with Gasteiger partial charge in [-0.2, -0.15) is 0 Å². The van der Waals surface area contributed by atoms with Gasteiger partial charge < -0.3 is 4.74 Å². The van der Waals surface area contributed by atoms with E-state index in [1.807, 2.05) is 13.8 Å². The highest BCUT2D eigenvalue weighted by Crippen LogP contribution is 2.39. The van der Waals surface area contributed by atoms with E-state index in [1.54, 1.807) is 13.0 Å². The molecule has 1 aliphatic rings. The number of benzene rings is 2. The van der Waals surface area contributed by atoms with Crippen molar-refractivity contribution in [1.29, 1.82) is 0 Å². The van der Waals surface area contributed by atoms with E-state index in [-0.39, 0.29) is 50.5 Å². The van der Waals surface area contributed by atoms with Gasteiger partial charge in [0.05, 0.1) is 11.3 Å². The van der Waals surface area contributed by atoms with E-state index in [0.717, 1.165) is 13.7 Å². The molecule has 0 bridgehead atoms. The number of hydrogen-bond donors (Lipinski definition) is 0. The number of hydrogen-bond acceptors (Lipinski definition) is 6. The Balaban J connectivity index is 0.00000164. The minimum absolute atomic E-state index is 0.0111. The predicted molar refractivity (Wildman–Crippen MR) is 145 cm³/mol. The van der Waals surface area contributed by atoms with Crippen LogP contribution in [-0.2, 0) is 7.05 Å². The number of aromatic nitrogens is 3. The second kappa shape index (κ2) is 10.4. The van der Waals surface area contributed by atoms with Crippen LogP contribution in [0.1, 0.15) is 43.9 Å². The van der Waals surface area contributed by atoms with Crippen molar-refractivity contribution in [3.05, 3.63) is 94.5 Å². The molecule has 198 valence electrons. The van der Waals surface area contributed by atoms with Crippen LogP contribution >= 0.6 is 11.6 Å². The Morgan fingerprint density at radius 2 is 1.74 bits per heavy atom. The van der Waals surface area contributed by atoms with Crippen molar-refractivity contribution in [2.24, 2.45) is 12.2 Å². The zero-order chi connectivity index (χ0) is 27.9. The Morgan fingerprint density at radius 1 is 1.05 bits per heavy atom. The van der Waals surface area contributed by atoms with E-state index in [0.29, 0.717) is 18.4 Å². The van der Waals surface area contributed by atoms with Gasteiger partial charge in [0, 0.05) is 13.1 Å². The molecule has 38 heavy (non-hydrogen) atoms.